The number of rotatable bonds is 4. The summed E-state index contributed by atoms with van der Waals surface area (Å²) in [5, 5.41) is 11.4. The first-order chi connectivity index (χ1) is 8.18. The molecule has 1 aliphatic rings. The van der Waals surface area contributed by atoms with Gasteiger partial charge < -0.3 is 0 Å². The van der Waals surface area contributed by atoms with Crippen molar-refractivity contribution in [3.63, 3.8) is 0 Å². The molecule has 1 aromatic heterocycles. The van der Waals surface area contributed by atoms with Gasteiger partial charge in [-0.05, 0) is 12.8 Å². The topological polar surface area (TPSA) is 90.9 Å². The van der Waals surface area contributed by atoms with Gasteiger partial charge in [-0.15, -0.1) is 10.2 Å². The van der Waals surface area contributed by atoms with Crippen molar-refractivity contribution in [2.24, 2.45) is 5.14 Å². The largest absolute Gasteiger partial charge is 0.389 e. The van der Waals surface area contributed by atoms with Gasteiger partial charge in [-0.3, -0.25) is 4.57 Å². The first-order valence-corrected chi connectivity index (χ1v) is 6.76. The van der Waals surface area contributed by atoms with E-state index in [9.17, 15) is 21.6 Å². The van der Waals surface area contributed by atoms with E-state index in [4.69, 9.17) is 5.14 Å². The summed E-state index contributed by atoms with van der Waals surface area (Å²) in [5.41, 5.74) is 0. The molecule has 0 bridgehead atoms. The van der Waals surface area contributed by atoms with Crippen molar-refractivity contribution in [1.82, 2.24) is 14.8 Å². The molecule has 2 rings (SSSR count). The highest BCUT2D eigenvalue weighted by molar-refractivity contribution is 7.89. The number of sulfonamides is 1. The number of aryl methyl sites for hydroxylation is 1. The molecule has 0 aromatic carbocycles. The Morgan fingerprint density at radius 1 is 1.33 bits per heavy atom. The number of hydrogen-bond donors (Lipinski definition) is 1. The molecule has 10 heteroatoms. The van der Waals surface area contributed by atoms with Gasteiger partial charge in [-0.2, -0.15) is 13.2 Å². The zero-order chi connectivity index (χ0) is 13.6. The first kappa shape index (κ1) is 13.3. The van der Waals surface area contributed by atoms with Crippen LogP contribution in [0.25, 0.3) is 0 Å². The van der Waals surface area contributed by atoms with E-state index < -0.39 is 34.2 Å². The fourth-order valence-electron chi connectivity index (χ4n) is 1.62. The summed E-state index contributed by atoms with van der Waals surface area (Å²) in [6, 6.07) is -0.156. The first-order valence-electron chi connectivity index (χ1n) is 5.22. The van der Waals surface area contributed by atoms with Crippen molar-refractivity contribution in [1.29, 1.82) is 0 Å². The number of hydrogen-bond acceptors (Lipinski definition) is 4. The van der Waals surface area contributed by atoms with Gasteiger partial charge in [0.05, 0.1) is 6.42 Å². The Kier molecular flexibility index (Phi) is 3.09. The Hall–Kier alpha value is -1.16. The average molecular weight is 284 g/mol. The molecule has 0 radical (unpaired) electrons. The highest BCUT2D eigenvalue weighted by Crippen LogP contribution is 2.38. The highest BCUT2D eigenvalue weighted by atomic mass is 32.2. The maximum Gasteiger partial charge on any atom is 0.389 e. The molecular weight excluding hydrogens is 273 g/mol. The monoisotopic (exact) mass is 284 g/mol. The molecule has 2 N–H and O–H groups in total. The van der Waals surface area contributed by atoms with Gasteiger partial charge >= 0.3 is 6.18 Å². The molecule has 1 aliphatic carbocycles. The summed E-state index contributed by atoms with van der Waals surface area (Å²) in [6.07, 6.45) is -4.40. The fraction of sp³-hybridized carbons (Fsp3) is 0.750. The van der Waals surface area contributed by atoms with Crippen LogP contribution in [-0.2, 0) is 16.4 Å². The van der Waals surface area contributed by atoms with Crippen LogP contribution in [0.4, 0.5) is 13.2 Å². The van der Waals surface area contributed by atoms with Crippen LogP contribution in [0.2, 0.25) is 0 Å². The number of halogens is 3. The van der Waals surface area contributed by atoms with Gasteiger partial charge in [0.15, 0.2) is 0 Å². The third-order valence-corrected chi connectivity index (χ3v) is 3.32. The molecule has 1 aromatic rings. The molecular formula is C8H11F3N4O2S. The molecule has 102 valence electrons. The van der Waals surface area contributed by atoms with Gasteiger partial charge in [0.2, 0.25) is 0 Å². The summed E-state index contributed by atoms with van der Waals surface area (Å²) < 4.78 is 60.1. The van der Waals surface area contributed by atoms with E-state index >= 15 is 0 Å². The third kappa shape index (κ3) is 2.99. The Morgan fingerprint density at radius 2 is 1.94 bits per heavy atom. The van der Waals surface area contributed by atoms with Crippen LogP contribution in [0.3, 0.4) is 0 Å². The highest BCUT2D eigenvalue weighted by Gasteiger charge is 2.34. The quantitative estimate of drug-likeness (QED) is 0.883. The standard InChI is InChI=1S/C8H11F3N4O2S/c9-8(10,11)4-3-6-13-14-7(18(12,16)17)15(6)5-1-2-5/h5H,1-4H2,(H2,12,16,17). The number of primary sulfonamides is 1. The summed E-state index contributed by atoms with van der Waals surface area (Å²) in [4.78, 5) is 0. The lowest BCUT2D eigenvalue weighted by Gasteiger charge is -2.09. The molecule has 0 atom stereocenters. The number of nitrogens with two attached hydrogens (primary N) is 1. The van der Waals surface area contributed by atoms with Gasteiger partial charge in [0, 0.05) is 12.5 Å². The molecule has 6 nitrogen and oxygen atoms in total. The van der Waals surface area contributed by atoms with Crippen LogP contribution in [0.5, 0.6) is 0 Å². The van der Waals surface area contributed by atoms with Crippen molar-refractivity contribution >= 4 is 10.0 Å². The van der Waals surface area contributed by atoms with Crippen LogP contribution >= 0.6 is 0 Å². The van der Waals surface area contributed by atoms with E-state index in [1.165, 1.54) is 4.57 Å². The Morgan fingerprint density at radius 3 is 2.39 bits per heavy atom. The summed E-state index contributed by atoms with van der Waals surface area (Å²) in [6.45, 7) is 0. The second-order valence-corrected chi connectivity index (χ2v) is 5.62. The normalized spacial score (nSPS) is 17.1. The van der Waals surface area contributed by atoms with Crippen LogP contribution in [0.15, 0.2) is 5.16 Å². The lowest BCUT2D eigenvalue weighted by molar-refractivity contribution is -0.134. The van der Waals surface area contributed by atoms with Gasteiger partial charge in [-0.1, -0.05) is 0 Å². The predicted molar refractivity (Wildman–Crippen MR) is 54.0 cm³/mol. The zero-order valence-corrected chi connectivity index (χ0v) is 10.00. The maximum absolute atomic E-state index is 12.1. The Balaban J connectivity index is 2.29. The lowest BCUT2D eigenvalue weighted by Crippen LogP contribution is -2.19. The van der Waals surface area contributed by atoms with Gasteiger partial charge in [0.1, 0.15) is 5.82 Å². The maximum atomic E-state index is 12.1. The molecule has 1 heterocycles. The molecule has 0 spiro atoms. The second kappa shape index (κ2) is 4.19. The smallest absolute Gasteiger partial charge is 0.298 e. The minimum absolute atomic E-state index is 0.0128. The van der Waals surface area contributed by atoms with Crippen LogP contribution in [-0.4, -0.2) is 29.4 Å². The Labute approximate surface area is 101 Å². The zero-order valence-electron chi connectivity index (χ0n) is 9.18. The van der Waals surface area contributed by atoms with E-state index in [1.807, 2.05) is 0 Å². The van der Waals surface area contributed by atoms with Crippen LogP contribution in [0, 0.1) is 0 Å². The number of nitrogens with zero attached hydrogens (tertiary/aromatic N) is 3. The molecule has 0 aliphatic heterocycles. The van der Waals surface area contributed by atoms with E-state index in [0.717, 1.165) is 0 Å². The molecule has 0 saturated heterocycles. The molecule has 1 saturated carbocycles. The van der Waals surface area contributed by atoms with Crippen molar-refractivity contribution in [3.05, 3.63) is 5.82 Å². The second-order valence-electron chi connectivity index (χ2n) is 4.16. The van der Waals surface area contributed by atoms with E-state index in [0.29, 0.717) is 12.8 Å². The van der Waals surface area contributed by atoms with Gasteiger partial charge in [0.25, 0.3) is 15.2 Å². The number of alkyl halides is 3. The summed E-state index contributed by atoms with van der Waals surface area (Å²) in [7, 11) is -4.06. The molecule has 18 heavy (non-hydrogen) atoms. The summed E-state index contributed by atoms with van der Waals surface area (Å²) in [5.74, 6) is 0.0128. The van der Waals surface area contributed by atoms with Crippen molar-refractivity contribution in [2.45, 2.75) is 43.1 Å². The summed E-state index contributed by atoms with van der Waals surface area (Å²) >= 11 is 0. The molecule has 0 unspecified atom stereocenters. The minimum atomic E-state index is -4.32. The van der Waals surface area contributed by atoms with Crippen LogP contribution < -0.4 is 5.14 Å². The predicted octanol–water partition coefficient (Wildman–Crippen LogP) is 0.755. The van der Waals surface area contributed by atoms with Crippen LogP contribution in [0.1, 0.15) is 31.1 Å². The molecule has 0 amide bonds. The van der Waals surface area contributed by atoms with Gasteiger partial charge in [-0.25, -0.2) is 13.6 Å². The molecule has 1 fully saturated rings. The van der Waals surface area contributed by atoms with Crippen molar-refractivity contribution in [2.75, 3.05) is 0 Å². The van der Waals surface area contributed by atoms with Crippen molar-refractivity contribution in [3.8, 4) is 0 Å². The fourth-order valence-corrected chi connectivity index (χ4v) is 2.31. The minimum Gasteiger partial charge on any atom is -0.298 e. The van der Waals surface area contributed by atoms with E-state index in [1.54, 1.807) is 0 Å². The average Bonchev–Trinajstić information content (AvgIpc) is 2.92. The third-order valence-electron chi connectivity index (χ3n) is 2.53. The number of aromatic nitrogens is 3. The van der Waals surface area contributed by atoms with E-state index in [2.05, 4.69) is 10.2 Å². The Bertz CT molecular complexity index is 547. The van der Waals surface area contributed by atoms with Crippen molar-refractivity contribution < 1.29 is 21.6 Å². The lowest BCUT2D eigenvalue weighted by atomic mass is 10.3. The van der Waals surface area contributed by atoms with E-state index in [-0.39, 0.29) is 11.9 Å². The SMILES string of the molecule is NS(=O)(=O)c1nnc(CCC(F)(F)F)n1C1CC1.